The second-order valence-electron chi connectivity index (χ2n) is 7.28. The van der Waals surface area contributed by atoms with Crippen LogP contribution in [-0.4, -0.2) is 35.9 Å². The molecule has 1 N–H and O–H groups in total. The molecule has 0 radical (unpaired) electrons. The second-order valence-corrected chi connectivity index (χ2v) is 7.28. The van der Waals surface area contributed by atoms with E-state index in [1.165, 1.54) is 28.5 Å². The Bertz CT molecular complexity index is 866. The summed E-state index contributed by atoms with van der Waals surface area (Å²) in [7, 11) is 1.72. The molecule has 124 valence electrons. The Hall–Kier alpha value is -2.07. The molecule has 1 aromatic heterocycles. The molecule has 5 heterocycles. The third-order valence-corrected chi connectivity index (χ3v) is 6.48. The maximum absolute atomic E-state index is 11.8. The lowest BCUT2D eigenvalue weighted by Crippen LogP contribution is -2.60. The van der Waals surface area contributed by atoms with Crippen molar-refractivity contribution in [2.45, 2.75) is 31.8 Å². The van der Waals surface area contributed by atoms with E-state index in [1.807, 2.05) is 6.07 Å². The number of ether oxygens (including phenoxy) is 1. The third-order valence-electron chi connectivity index (χ3n) is 6.48. The molecule has 4 heteroatoms. The molecule has 5 atom stereocenters. The van der Waals surface area contributed by atoms with Crippen molar-refractivity contribution in [3.05, 3.63) is 41.1 Å². The van der Waals surface area contributed by atoms with Crippen LogP contribution in [0.1, 0.15) is 30.6 Å². The predicted molar refractivity (Wildman–Crippen MR) is 93.2 cm³/mol. The summed E-state index contributed by atoms with van der Waals surface area (Å²) in [4.78, 5) is 18.1. The normalized spacial score (nSPS) is 35.2. The largest absolute Gasteiger partial charge is 0.495 e. The van der Waals surface area contributed by atoms with Crippen LogP contribution in [0.4, 0.5) is 0 Å². The summed E-state index contributed by atoms with van der Waals surface area (Å²) in [6, 6.07) is 6.99. The summed E-state index contributed by atoms with van der Waals surface area (Å²) >= 11 is 0. The minimum atomic E-state index is 0.130. The fraction of sp³-hybridized carbons (Fsp3) is 0.450. The standard InChI is InChI=1S/C20H22N2O2/c1-3-11-9-22-16-8-14-12-5-4-6-18(24-2)20(12)21-19(14)17(22)7-13(11)15(16)10-23/h3-6,10,13,15-17,21H,7-9H2,1-2H3/b11-3+/t13-,15?,16?,17-/m0/s1. The number of hydrogen-bond donors (Lipinski definition) is 1. The number of benzene rings is 1. The van der Waals surface area contributed by atoms with Gasteiger partial charge in [0, 0.05) is 29.6 Å². The Kier molecular flexibility index (Phi) is 2.95. The molecule has 0 aliphatic carbocycles. The molecule has 4 nitrogen and oxygen atoms in total. The van der Waals surface area contributed by atoms with E-state index < -0.39 is 0 Å². The molecule has 3 fully saturated rings. The van der Waals surface area contributed by atoms with Crippen LogP contribution in [-0.2, 0) is 11.2 Å². The number of para-hydroxylation sites is 1. The molecular weight excluding hydrogens is 300 g/mol. The number of aldehydes is 1. The number of aromatic nitrogens is 1. The Morgan fingerprint density at radius 1 is 1.38 bits per heavy atom. The summed E-state index contributed by atoms with van der Waals surface area (Å²) in [6.45, 7) is 3.11. The Labute approximate surface area is 141 Å². The van der Waals surface area contributed by atoms with Gasteiger partial charge in [0.05, 0.1) is 18.7 Å². The van der Waals surface area contributed by atoms with E-state index in [0.717, 1.165) is 30.7 Å². The molecule has 3 saturated heterocycles. The number of nitrogens with zero attached hydrogens (tertiary/aromatic N) is 1. The fourth-order valence-corrected chi connectivity index (χ4v) is 5.39. The summed E-state index contributed by atoms with van der Waals surface area (Å²) in [5, 5.41) is 1.26. The van der Waals surface area contributed by atoms with Crippen LogP contribution in [0.15, 0.2) is 29.8 Å². The van der Waals surface area contributed by atoms with E-state index in [-0.39, 0.29) is 5.92 Å². The summed E-state index contributed by atoms with van der Waals surface area (Å²) in [5.74, 6) is 1.44. The molecule has 4 aliphatic rings. The van der Waals surface area contributed by atoms with Gasteiger partial charge in [-0.1, -0.05) is 23.8 Å². The topological polar surface area (TPSA) is 45.3 Å². The highest BCUT2D eigenvalue weighted by Crippen LogP contribution is 2.53. The Balaban J connectivity index is 1.70. The monoisotopic (exact) mass is 322 g/mol. The smallest absolute Gasteiger partial charge is 0.142 e. The number of aromatic amines is 1. The van der Waals surface area contributed by atoms with Crippen LogP contribution in [0.5, 0.6) is 5.75 Å². The number of piperidine rings is 3. The quantitative estimate of drug-likeness (QED) is 0.682. The zero-order chi connectivity index (χ0) is 16.4. The van der Waals surface area contributed by atoms with Gasteiger partial charge >= 0.3 is 0 Å². The van der Waals surface area contributed by atoms with E-state index in [2.05, 4.69) is 35.0 Å². The first-order valence-corrected chi connectivity index (χ1v) is 8.80. The zero-order valence-electron chi connectivity index (χ0n) is 14.1. The molecular formula is C20H22N2O2. The van der Waals surface area contributed by atoms with E-state index in [0.29, 0.717) is 18.0 Å². The van der Waals surface area contributed by atoms with Crippen molar-refractivity contribution < 1.29 is 9.53 Å². The average molecular weight is 322 g/mol. The van der Waals surface area contributed by atoms with Gasteiger partial charge in [-0.15, -0.1) is 0 Å². The average Bonchev–Trinajstić information content (AvgIpc) is 3.00. The van der Waals surface area contributed by atoms with Crippen molar-refractivity contribution in [3.8, 4) is 5.75 Å². The highest BCUT2D eigenvalue weighted by molar-refractivity contribution is 5.90. The second kappa shape index (κ2) is 4.96. The third kappa shape index (κ3) is 1.64. The number of carbonyl (C=O) groups is 1. The van der Waals surface area contributed by atoms with Crippen LogP contribution in [0.3, 0.4) is 0 Å². The van der Waals surface area contributed by atoms with E-state index in [9.17, 15) is 4.79 Å². The molecule has 6 rings (SSSR count). The number of rotatable bonds is 2. The van der Waals surface area contributed by atoms with Gasteiger partial charge in [0.25, 0.3) is 0 Å². The van der Waals surface area contributed by atoms with Gasteiger partial charge in [-0.3, -0.25) is 4.90 Å². The molecule has 4 aliphatic heterocycles. The summed E-state index contributed by atoms with van der Waals surface area (Å²) in [5.41, 5.74) is 5.28. The first-order valence-electron chi connectivity index (χ1n) is 8.80. The summed E-state index contributed by atoms with van der Waals surface area (Å²) in [6.07, 6.45) is 5.43. The van der Waals surface area contributed by atoms with Crippen molar-refractivity contribution in [3.63, 3.8) is 0 Å². The van der Waals surface area contributed by atoms with Crippen LogP contribution < -0.4 is 4.74 Å². The van der Waals surface area contributed by atoms with E-state index in [1.54, 1.807) is 7.11 Å². The van der Waals surface area contributed by atoms with E-state index >= 15 is 0 Å². The van der Waals surface area contributed by atoms with Gasteiger partial charge in [0.15, 0.2) is 0 Å². The van der Waals surface area contributed by atoms with Crippen molar-refractivity contribution in [2.24, 2.45) is 11.8 Å². The SMILES string of the molecule is C/C=C1\CN2C3Cc4c([nH]c5c(OC)cccc45)[C@@H]2C[C@@H]1C3C=O. The van der Waals surface area contributed by atoms with E-state index in [4.69, 9.17) is 4.74 Å². The minimum Gasteiger partial charge on any atom is -0.495 e. The van der Waals surface area contributed by atoms with Gasteiger partial charge in [-0.05, 0) is 37.3 Å². The number of H-pyrrole nitrogens is 1. The maximum atomic E-state index is 11.8. The van der Waals surface area contributed by atoms with Crippen molar-refractivity contribution in [2.75, 3.05) is 13.7 Å². The molecule has 0 spiro atoms. The Morgan fingerprint density at radius 2 is 2.25 bits per heavy atom. The molecule has 3 unspecified atom stereocenters. The molecule has 0 saturated carbocycles. The van der Waals surface area contributed by atoms with Crippen molar-refractivity contribution in [1.82, 2.24) is 9.88 Å². The van der Waals surface area contributed by atoms with Crippen LogP contribution in [0.2, 0.25) is 0 Å². The first-order chi connectivity index (χ1) is 11.8. The van der Waals surface area contributed by atoms with Crippen molar-refractivity contribution in [1.29, 1.82) is 0 Å². The summed E-state index contributed by atoms with van der Waals surface area (Å²) < 4.78 is 5.55. The minimum absolute atomic E-state index is 0.130. The molecule has 4 bridgehead atoms. The van der Waals surface area contributed by atoms with Crippen LogP contribution >= 0.6 is 0 Å². The van der Waals surface area contributed by atoms with Gasteiger partial charge in [-0.25, -0.2) is 0 Å². The number of carbonyl (C=O) groups excluding carboxylic acids is 1. The lowest BCUT2D eigenvalue weighted by atomic mass is 9.64. The molecule has 1 aromatic carbocycles. The molecule has 24 heavy (non-hydrogen) atoms. The lowest BCUT2D eigenvalue weighted by molar-refractivity contribution is -0.121. The van der Waals surface area contributed by atoms with Gasteiger partial charge in [0.2, 0.25) is 0 Å². The van der Waals surface area contributed by atoms with Crippen LogP contribution in [0, 0.1) is 11.8 Å². The van der Waals surface area contributed by atoms with Gasteiger partial charge in [0.1, 0.15) is 12.0 Å². The lowest BCUT2D eigenvalue weighted by Gasteiger charge is -2.57. The first kappa shape index (κ1) is 14.3. The number of fused-ring (bicyclic) bond motifs is 4. The maximum Gasteiger partial charge on any atom is 0.142 e. The molecule has 0 amide bonds. The van der Waals surface area contributed by atoms with Gasteiger partial charge < -0.3 is 14.5 Å². The highest BCUT2D eigenvalue weighted by atomic mass is 16.5. The number of hydrogen-bond acceptors (Lipinski definition) is 3. The molecule has 2 aromatic rings. The van der Waals surface area contributed by atoms with Gasteiger partial charge in [-0.2, -0.15) is 0 Å². The van der Waals surface area contributed by atoms with Crippen molar-refractivity contribution >= 4 is 17.2 Å². The van der Waals surface area contributed by atoms with Crippen LogP contribution in [0.25, 0.3) is 10.9 Å². The predicted octanol–water partition coefficient (Wildman–Crippen LogP) is 3.24. The fourth-order valence-electron chi connectivity index (χ4n) is 5.39. The number of allylic oxidation sites excluding steroid dienone is 1. The number of nitrogens with one attached hydrogen (secondary N) is 1. The number of methoxy groups -OCH3 is 1. The zero-order valence-corrected chi connectivity index (χ0v) is 14.1. The highest BCUT2D eigenvalue weighted by Gasteiger charge is 2.52. The Morgan fingerprint density at radius 3 is 3.00 bits per heavy atom.